The van der Waals surface area contributed by atoms with Crippen LogP contribution >= 0.6 is 23.2 Å². The number of pyridine rings is 1. The largest absolute Gasteiger partial charge is 0.421 e. The molecule has 0 aliphatic carbocycles. The fourth-order valence-electron chi connectivity index (χ4n) is 1.47. The topological polar surface area (TPSA) is 39.2 Å². The summed E-state index contributed by atoms with van der Waals surface area (Å²) < 4.78 is 5.17. The molecule has 0 aliphatic heterocycles. The smallest absolute Gasteiger partial charge is 0.343 e. The van der Waals surface area contributed by atoms with Gasteiger partial charge in [0.25, 0.3) is 0 Å². The van der Waals surface area contributed by atoms with Gasteiger partial charge in [0, 0.05) is 17.3 Å². The third-order valence-electron chi connectivity index (χ3n) is 2.30. The van der Waals surface area contributed by atoms with Gasteiger partial charge >= 0.3 is 5.97 Å². The molecule has 92 valence electrons. The van der Waals surface area contributed by atoms with Crippen molar-refractivity contribution in [3.8, 4) is 5.75 Å². The average molecular weight is 282 g/mol. The second-order valence-corrected chi connectivity index (χ2v) is 4.56. The lowest BCUT2D eigenvalue weighted by molar-refractivity contribution is 0.0733. The van der Waals surface area contributed by atoms with Gasteiger partial charge in [0.05, 0.1) is 16.8 Å². The summed E-state index contributed by atoms with van der Waals surface area (Å²) in [6, 6.07) is 6.49. The van der Waals surface area contributed by atoms with E-state index in [1.807, 2.05) is 0 Å². The second kappa shape index (κ2) is 5.38. The Morgan fingerprint density at radius 2 is 1.94 bits per heavy atom. The lowest BCUT2D eigenvalue weighted by atomic mass is 10.1. The molecule has 0 spiro atoms. The van der Waals surface area contributed by atoms with Crippen molar-refractivity contribution in [3.63, 3.8) is 0 Å². The highest BCUT2D eigenvalue weighted by Gasteiger charge is 2.12. The molecule has 2 rings (SSSR count). The maximum atomic E-state index is 11.9. The molecular formula is C13H9Cl2NO2. The van der Waals surface area contributed by atoms with Crippen LogP contribution in [0.15, 0.2) is 36.7 Å². The van der Waals surface area contributed by atoms with Gasteiger partial charge in [-0.2, -0.15) is 0 Å². The van der Waals surface area contributed by atoms with E-state index in [-0.39, 0.29) is 0 Å². The summed E-state index contributed by atoms with van der Waals surface area (Å²) in [5, 5.41) is 0.988. The Hall–Kier alpha value is -1.58. The first kappa shape index (κ1) is 12.9. The maximum Gasteiger partial charge on any atom is 0.343 e. The molecule has 1 heterocycles. The molecule has 1 aromatic carbocycles. The number of carbonyl (C=O) groups is 1. The third kappa shape index (κ3) is 3.00. The van der Waals surface area contributed by atoms with Crippen molar-refractivity contribution in [3.05, 3.63) is 57.8 Å². The molecule has 18 heavy (non-hydrogen) atoms. The summed E-state index contributed by atoms with van der Waals surface area (Å²) in [6.45, 7) is 1.79. The lowest BCUT2D eigenvalue weighted by Gasteiger charge is -2.06. The first-order chi connectivity index (χ1) is 8.56. The molecule has 2 aromatic rings. The number of aryl methyl sites for hydroxylation is 1. The Kier molecular flexibility index (Phi) is 3.84. The molecule has 0 N–H and O–H groups in total. The fourth-order valence-corrected chi connectivity index (χ4v) is 1.86. The van der Waals surface area contributed by atoms with Gasteiger partial charge in [-0.1, -0.05) is 23.2 Å². The summed E-state index contributed by atoms with van der Waals surface area (Å²) in [4.78, 5) is 15.8. The molecule has 0 amide bonds. The number of carbonyl (C=O) groups excluding carboxylic acids is 1. The quantitative estimate of drug-likeness (QED) is 0.784. The molecule has 1 aromatic heterocycles. The van der Waals surface area contributed by atoms with Gasteiger partial charge < -0.3 is 4.74 Å². The second-order valence-electron chi connectivity index (χ2n) is 3.69. The van der Waals surface area contributed by atoms with Gasteiger partial charge in [-0.25, -0.2) is 4.79 Å². The van der Waals surface area contributed by atoms with Gasteiger partial charge in [0.15, 0.2) is 5.75 Å². The number of nitrogens with zero attached hydrogens (tertiary/aromatic N) is 1. The maximum absolute atomic E-state index is 11.9. The summed E-state index contributed by atoms with van der Waals surface area (Å²) in [5.41, 5.74) is 1.21. The number of ether oxygens (including phenoxy) is 1. The molecule has 0 unspecified atom stereocenters. The van der Waals surface area contributed by atoms with Crippen molar-refractivity contribution in [2.45, 2.75) is 6.92 Å². The van der Waals surface area contributed by atoms with Crippen LogP contribution in [-0.4, -0.2) is 11.0 Å². The normalized spacial score (nSPS) is 10.2. The van der Waals surface area contributed by atoms with Crippen molar-refractivity contribution in [1.29, 1.82) is 0 Å². The van der Waals surface area contributed by atoms with E-state index in [1.54, 1.807) is 25.1 Å². The zero-order valence-corrected chi connectivity index (χ0v) is 11.0. The predicted octanol–water partition coefficient (Wildman–Crippen LogP) is 3.92. The van der Waals surface area contributed by atoms with Crippen molar-refractivity contribution in [1.82, 2.24) is 4.98 Å². The third-order valence-corrected chi connectivity index (χ3v) is 2.74. The number of halogens is 2. The van der Waals surface area contributed by atoms with Crippen molar-refractivity contribution in [2.75, 3.05) is 0 Å². The molecule has 5 heteroatoms. The van der Waals surface area contributed by atoms with Crippen LogP contribution in [0.4, 0.5) is 0 Å². The Balaban J connectivity index is 2.22. The first-order valence-electron chi connectivity index (χ1n) is 5.15. The Bertz CT molecular complexity index is 599. The molecule has 0 radical (unpaired) electrons. The number of hydrogen-bond donors (Lipinski definition) is 0. The Morgan fingerprint density at radius 1 is 1.17 bits per heavy atom. The molecule has 0 saturated carbocycles. The number of esters is 1. The van der Waals surface area contributed by atoms with E-state index in [4.69, 9.17) is 27.9 Å². The van der Waals surface area contributed by atoms with E-state index in [2.05, 4.69) is 4.98 Å². The molecule has 0 aliphatic rings. The highest BCUT2D eigenvalue weighted by atomic mass is 35.5. The van der Waals surface area contributed by atoms with Crippen LogP contribution in [-0.2, 0) is 0 Å². The van der Waals surface area contributed by atoms with E-state index in [0.717, 1.165) is 5.56 Å². The van der Waals surface area contributed by atoms with Gasteiger partial charge in [-0.15, -0.1) is 0 Å². The van der Waals surface area contributed by atoms with Crippen molar-refractivity contribution < 1.29 is 9.53 Å². The number of benzene rings is 1. The molecule has 0 atom stereocenters. The molecule has 0 fully saturated rings. The predicted molar refractivity (Wildman–Crippen MR) is 70.4 cm³/mol. The van der Waals surface area contributed by atoms with E-state index in [9.17, 15) is 4.79 Å². The number of aromatic nitrogens is 1. The first-order valence-corrected chi connectivity index (χ1v) is 5.91. The zero-order valence-electron chi connectivity index (χ0n) is 9.48. The van der Waals surface area contributed by atoms with Crippen LogP contribution in [0.1, 0.15) is 15.9 Å². The lowest BCUT2D eigenvalue weighted by Crippen LogP contribution is -2.10. The minimum atomic E-state index is -0.465. The molecule has 3 nitrogen and oxygen atoms in total. The fraction of sp³-hybridized carbons (Fsp3) is 0.0769. The van der Waals surface area contributed by atoms with E-state index in [0.29, 0.717) is 21.4 Å². The highest BCUT2D eigenvalue weighted by Crippen LogP contribution is 2.19. The van der Waals surface area contributed by atoms with Gasteiger partial charge in [0.1, 0.15) is 0 Å². The standard InChI is InChI=1S/C13H9Cl2NO2/c1-8-4-9(14)2-3-12(8)13(17)18-11-5-10(15)6-16-7-11/h2-7H,1H3. The van der Waals surface area contributed by atoms with Gasteiger partial charge in [-0.3, -0.25) is 4.98 Å². The van der Waals surface area contributed by atoms with Crippen LogP contribution in [0.3, 0.4) is 0 Å². The van der Waals surface area contributed by atoms with Crippen molar-refractivity contribution >= 4 is 29.2 Å². The highest BCUT2D eigenvalue weighted by molar-refractivity contribution is 6.31. The minimum absolute atomic E-state index is 0.307. The van der Waals surface area contributed by atoms with Crippen LogP contribution in [0.5, 0.6) is 5.75 Å². The van der Waals surface area contributed by atoms with Crippen LogP contribution in [0, 0.1) is 6.92 Å². The average Bonchev–Trinajstić information content (AvgIpc) is 2.28. The SMILES string of the molecule is Cc1cc(Cl)ccc1C(=O)Oc1cncc(Cl)c1. The zero-order chi connectivity index (χ0) is 13.1. The van der Waals surface area contributed by atoms with E-state index < -0.39 is 5.97 Å². The molecular weight excluding hydrogens is 273 g/mol. The summed E-state index contributed by atoms with van der Waals surface area (Å²) in [5.74, 6) is -0.157. The Morgan fingerprint density at radius 3 is 2.61 bits per heavy atom. The summed E-state index contributed by atoms with van der Waals surface area (Å²) in [7, 11) is 0. The van der Waals surface area contributed by atoms with Crippen molar-refractivity contribution in [2.24, 2.45) is 0 Å². The monoisotopic (exact) mass is 281 g/mol. The van der Waals surface area contributed by atoms with Crippen LogP contribution in [0.25, 0.3) is 0 Å². The summed E-state index contributed by atoms with van der Waals surface area (Å²) in [6.07, 6.45) is 2.89. The summed E-state index contributed by atoms with van der Waals surface area (Å²) >= 11 is 11.6. The molecule has 0 bridgehead atoms. The van der Waals surface area contributed by atoms with Gasteiger partial charge in [0.2, 0.25) is 0 Å². The van der Waals surface area contributed by atoms with E-state index >= 15 is 0 Å². The van der Waals surface area contributed by atoms with Crippen LogP contribution < -0.4 is 4.74 Å². The van der Waals surface area contributed by atoms with Crippen LogP contribution in [0.2, 0.25) is 10.0 Å². The minimum Gasteiger partial charge on any atom is -0.421 e. The molecule has 0 saturated heterocycles. The Labute approximate surface area is 114 Å². The van der Waals surface area contributed by atoms with Gasteiger partial charge in [-0.05, 0) is 30.7 Å². The van der Waals surface area contributed by atoms with E-state index in [1.165, 1.54) is 18.5 Å². The number of rotatable bonds is 2. The number of hydrogen-bond acceptors (Lipinski definition) is 3.